The van der Waals surface area contributed by atoms with Gasteiger partial charge in [-0.1, -0.05) is 12.1 Å². The minimum atomic E-state index is -0.522. The van der Waals surface area contributed by atoms with Gasteiger partial charge in [-0.2, -0.15) is 0 Å². The van der Waals surface area contributed by atoms with Gasteiger partial charge in [0, 0.05) is 17.3 Å². The summed E-state index contributed by atoms with van der Waals surface area (Å²) in [6.07, 6.45) is 1.40. The number of carbonyl (C=O) groups excluding carboxylic acids is 1. The number of para-hydroxylation sites is 1. The molecule has 24 heavy (non-hydrogen) atoms. The van der Waals surface area contributed by atoms with Crippen molar-refractivity contribution >= 4 is 28.4 Å². The number of pyridine rings is 2. The van der Waals surface area contributed by atoms with Crippen LogP contribution in [-0.4, -0.2) is 22.5 Å². The smallest absolute Gasteiger partial charge is 0.341 e. The average molecular weight is 325 g/mol. The van der Waals surface area contributed by atoms with Crippen molar-refractivity contribution in [3.05, 3.63) is 59.7 Å². The summed E-state index contributed by atoms with van der Waals surface area (Å²) in [5.74, 6) is -0.941. The van der Waals surface area contributed by atoms with Crippen LogP contribution in [0.2, 0.25) is 0 Å². The van der Waals surface area contributed by atoms with Crippen molar-refractivity contribution in [1.82, 2.24) is 9.97 Å². The lowest BCUT2D eigenvalue weighted by molar-refractivity contribution is 0.0527. The number of nitrogens with one attached hydrogen (secondary N) is 1. The third-order valence-corrected chi connectivity index (χ3v) is 3.50. The lowest BCUT2D eigenvalue weighted by atomic mass is 10.1. The number of hydrogen-bond donors (Lipinski definition) is 1. The Kier molecular flexibility index (Phi) is 4.37. The van der Waals surface area contributed by atoms with Gasteiger partial charge in [-0.15, -0.1) is 0 Å². The molecule has 6 heteroatoms. The molecular formula is C18H16FN3O2. The van der Waals surface area contributed by atoms with Crippen molar-refractivity contribution in [2.24, 2.45) is 0 Å². The van der Waals surface area contributed by atoms with E-state index < -0.39 is 11.8 Å². The van der Waals surface area contributed by atoms with Crippen molar-refractivity contribution in [2.75, 3.05) is 11.9 Å². The van der Waals surface area contributed by atoms with E-state index in [0.29, 0.717) is 16.7 Å². The molecule has 5 nitrogen and oxygen atoms in total. The van der Waals surface area contributed by atoms with Gasteiger partial charge in [0.15, 0.2) is 5.65 Å². The van der Waals surface area contributed by atoms with Crippen LogP contribution in [0.15, 0.2) is 42.6 Å². The third kappa shape index (κ3) is 3.03. The number of anilines is 2. The van der Waals surface area contributed by atoms with Gasteiger partial charge in [0.05, 0.1) is 18.0 Å². The second kappa shape index (κ2) is 6.62. The fraction of sp³-hybridized carbons (Fsp3) is 0.167. The molecule has 0 amide bonds. The molecule has 0 aliphatic carbocycles. The number of benzene rings is 1. The molecule has 2 heterocycles. The number of halogens is 1. The Morgan fingerprint density at radius 2 is 2.04 bits per heavy atom. The van der Waals surface area contributed by atoms with E-state index in [9.17, 15) is 9.18 Å². The van der Waals surface area contributed by atoms with Crippen molar-refractivity contribution in [3.63, 3.8) is 0 Å². The van der Waals surface area contributed by atoms with Crippen LogP contribution in [0.3, 0.4) is 0 Å². The zero-order valence-electron chi connectivity index (χ0n) is 13.3. The Morgan fingerprint density at radius 1 is 1.25 bits per heavy atom. The molecule has 1 aromatic carbocycles. The van der Waals surface area contributed by atoms with Crippen LogP contribution < -0.4 is 5.32 Å². The first-order valence-corrected chi connectivity index (χ1v) is 7.55. The number of fused-ring (bicyclic) bond motifs is 1. The first kappa shape index (κ1) is 15.9. The van der Waals surface area contributed by atoms with E-state index in [1.807, 2.05) is 13.0 Å². The van der Waals surface area contributed by atoms with Crippen molar-refractivity contribution in [1.29, 1.82) is 0 Å². The van der Waals surface area contributed by atoms with E-state index in [2.05, 4.69) is 15.3 Å². The molecule has 3 aromatic rings. The predicted octanol–water partition coefficient (Wildman–Crippen LogP) is 4.00. The van der Waals surface area contributed by atoms with Gasteiger partial charge >= 0.3 is 5.97 Å². The lowest BCUT2D eigenvalue weighted by Gasteiger charge is -2.14. The Bertz CT molecular complexity index is 912. The maximum absolute atomic E-state index is 14.0. The highest BCUT2D eigenvalue weighted by molar-refractivity contribution is 6.05. The molecule has 122 valence electrons. The van der Waals surface area contributed by atoms with Crippen LogP contribution in [0, 0.1) is 12.7 Å². The van der Waals surface area contributed by atoms with E-state index >= 15 is 0 Å². The van der Waals surface area contributed by atoms with E-state index in [0.717, 1.165) is 5.69 Å². The summed E-state index contributed by atoms with van der Waals surface area (Å²) in [7, 11) is 0. The molecule has 1 N–H and O–H groups in total. The minimum Gasteiger partial charge on any atom is -0.462 e. The Labute approximate surface area is 138 Å². The number of ether oxygens (including phenoxy) is 1. The molecule has 0 aliphatic heterocycles. The molecular weight excluding hydrogens is 309 g/mol. The predicted molar refractivity (Wildman–Crippen MR) is 89.9 cm³/mol. The van der Waals surface area contributed by atoms with E-state index in [4.69, 9.17) is 4.74 Å². The molecule has 0 spiro atoms. The molecule has 2 aromatic heterocycles. The Hall–Kier alpha value is -3.02. The van der Waals surface area contributed by atoms with Crippen LogP contribution in [0.5, 0.6) is 0 Å². The van der Waals surface area contributed by atoms with Gasteiger partial charge < -0.3 is 10.1 Å². The fourth-order valence-corrected chi connectivity index (χ4v) is 2.37. The first-order chi connectivity index (χ1) is 11.6. The van der Waals surface area contributed by atoms with E-state index in [1.54, 1.807) is 31.2 Å². The molecule has 0 fully saturated rings. The molecule has 0 unspecified atom stereocenters. The second-order valence-electron chi connectivity index (χ2n) is 5.20. The average Bonchev–Trinajstić information content (AvgIpc) is 2.57. The van der Waals surface area contributed by atoms with E-state index in [-0.39, 0.29) is 17.9 Å². The number of nitrogens with zero attached hydrogens (tertiary/aromatic N) is 2. The molecule has 0 saturated heterocycles. The van der Waals surface area contributed by atoms with Gasteiger partial charge in [0.2, 0.25) is 0 Å². The number of aromatic nitrogens is 2. The van der Waals surface area contributed by atoms with Gasteiger partial charge in [0.1, 0.15) is 11.4 Å². The highest BCUT2D eigenvalue weighted by Crippen LogP contribution is 2.30. The standard InChI is InChI=1S/C18H16FN3O2/c1-3-24-18(23)13-10-20-17-12(9-8-11(2)21-17)16(13)22-15-7-5-4-6-14(15)19/h4-10H,3H2,1-2H3,(H,20,21,22). The quantitative estimate of drug-likeness (QED) is 0.735. The van der Waals surface area contributed by atoms with Crippen LogP contribution >= 0.6 is 0 Å². The number of esters is 1. The van der Waals surface area contributed by atoms with Gasteiger partial charge in [-0.05, 0) is 38.1 Å². The van der Waals surface area contributed by atoms with Crippen LogP contribution in [-0.2, 0) is 4.74 Å². The van der Waals surface area contributed by atoms with Gasteiger partial charge in [0.25, 0.3) is 0 Å². The highest BCUT2D eigenvalue weighted by Gasteiger charge is 2.18. The highest BCUT2D eigenvalue weighted by atomic mass is 19.1. The summed E-state index contributed by atoms with van der Waals surface area (Å²) in [5, 5.41) is 3.61. The number of rotatable bonds is 4. The molecule has 0 radical (unpaired) electrons. The number of hydrogen-bond acceptors (Lipinski definition) is 5. The number of aryl methyl sites for hydroxylation is 1. The monoisotopic (exact) mass is 325 g/mol. The summed E-state index contributed by atoms with van der Waals surface area (Å²) < 4.78 is 19.1. The summed E-state index contributed by atoms with van der Waals surface area (Å²) in [4.78, 5) is 20.8. The van der Waals surface area contributed by atoms with Crippen LogP contribution in [0.1, 0.15) is 23.0 Å². The summed E-state index contributed by atoms with van der Waals surface area (Å²) >= 11 is 0. The van der Waals surface area contributed by atoms with E-state index in [1.165, 1.54) is 12.3 Å². The Morgan fingerprint density at radius 3 is 2.79 bits per heavy atom. The summed E-state index contributed by atoms with van der Waals surface area (Å²) in [6, 6.07) is 9.86. The topological polar surface area (TPSA) is 64.1 Å². The molecule has 0 saturated carbocycles. The minimum absolute atomic E-state index is 0.234. The lowest BCUT2D eigenvalue weighted by Crippen LogP contribution is -2.10. The Balaban J connectivity index is 2.18. The van der Waals surface area contributed by atoms with Crippen LogP contribution in [0.25, 0.3) is 11.0 Å². The third-order valence-electron chi connectivity index (χ3n) is 3.50. The maximum Gasteiger partial charge on any atom is 0.341 e. The largest absolute Gasteiger partial charge is 0.462 e. The normalized spacial score (nSPS) is 10.6. The summed E-state index contributed by atoms with van der Waals surface area (Å²) in [6.45, 7) is 3.81. The second-order valence-corrected chi connectivity index (χ2v) is 5.20. The molecule has 0 atom stereocenters. The van der Waals surface area contributed by atoms with Crippen molar-refractivity contribution in [3.8, 4) is 0 Å². The fourth-order valence-electron chi connectivity index (χ4n) is 2.37. The van der Waals surface area contributed by atoms with Gasteiger partial charge in [-0.25, -0.2) is 19.2 Å². The SMILES string of the molecule is CCOC(=O)c1cnc2nc(C)ccc2c1Nc1ccccc1F. The van der Waals surface area contributed by atoms with Gasteiger partial charge in [-0.3, -0.25) is 0 Å². The zero-order chi connectivity index (χ0) is 17.1. The van der Waals surface area contributed by atoms with Crippen molar-refractivity contribution in [2.45, 2.75) is 13.8 Å². The first-order valence-electron chi connectivity index (χ1n) is 7.55. The number of carbonyl (C=O) groups is 1. The maximum atomic E-state index is 14.0. The van der Waals surface area contributed by atoms with Crippen LogP contribution in [0.4, 0.5) is 15.8 Å². The van der Waals surface area contributed by atoms with Crippen molar-refractivity contribution < 1.29 is 13.9 Å². The molecule has 3 rings (SSSR count). The zero-order valence-corrected chi connectivity index (χ0v) is 13.3. The molecule has 0 bridgehead atoms. The summed E-state index contributed by atoms with van der Waals surface area (Å²) in [5.41, 5.74) is 2.20. The molecule has 0 aliphatic rings.